The molecule has 0 aromatic heterocycles. The number of carbonyl (C=O) groups excluding carboxylic acids is 2. The Hall–Kier alpha value is -2.09. The van der Waals surface area contributed by atoms with Crippen LogP contribution in [0.3, 0.4) is 0 Å². The first-order chi connectivity index (χ1) is 33.9. The van der Waals surface area contributed by atoms with E-state index < -0.39 is 18.1 Å². The van der Waals surface area contributed by atoms with Crippen LogP contribution in [-0.4, -0.2) is 55.0 Å². The van der Waals surface area contributed by atoms with Crippen molar-refractivity contribution in [3.05, 3.63) is 11.6 Å². The molecule has 8 nitrogen and oxygen atoms in total. The summed E-state index contributed by atoms with van der Waals surface area (Å²) in [6.07, 6.45) is 29.0. The Labute approximate surface area is 439 Å². The van der Waals surface area contributed by atoms with Crippen molar-refractivity contribution in [1.29, 1.82) is 0 Å². The number of nitrogens with one attached hydrogen (secondary N) is 2. The maximum Gasteiger partial charge on any atom is 0.407 e. The zero-order valence-corrected chi connectivity index (χ0v) is 48.2. The second kappa shape index (κ2) is 20.0. The number of fused-ring (bicyclic) bond motifs is 12. The van der Waals surface area contributed by atoms with Crippen LogP contribution in [0.5, 0.6) is 0 Å². The van der Waals surface area contributed by atoms with Crippen molar-refractivity contribution >= 4 is 18.0 Å². The van der Waals surface area contributed by atoms with E-state index in [1.54, 1.807) is 5.57 Å². The van der Waals surface area contributed by atoms with Crippen LogP contribution in [0.15, 0.2) is 11.6 Å². The van der Waals surface area contributed by atoms with Crippen LogP contribution in [0.2, 0.25) is 0 Å². The van der Waals surface area contributed by atoms with Crippen LogP contribution in [0.1, 0.15) is 231 Å². The van der Waals surface area contributed by atoms with Crippen molar-refractivity contribution in [2.75, 3.05) is 13.7 Å². The van der Waals surface area contributed by atoms with E-state index in [9.17, 15) is 14.7 Å². The molecule has 9 aliphatic rings. The Kier molecular flexibility index (Phi) is 15.2. The SMILES string of the molecule is COC(=O)NC(CCCNC1CC[C@@]2(C)C(CC[C@]3(C)[C@@H]2CC[C@@H]2C4C(C(C)C)CC[C@]4(C(=O)O[C@H]4CC[C@@]5(C)C(=CC[C@H]6[C@@H]7CC[C@H]([C@H](C)CCCC(C)C)[C@@]7(C)CC[C@@H]65)C4)CC[C@]23C)C1(C)C)C(=O)O. The van der Waals surface area contributed by atoms with E-state index in [4.69, 9.17) is 4.74 Å². The molecule has 0 radical (unpaired) electrons. The molecule has 0 saturated heterocycles. The van der Waals surface area contributed by atoms with E-state index in [0.717, 1.165) is 80.6 Å². The molecule has 0 spiro atoms. The standard InChI is InChI=1S/C64H106N2O6/c1-39(2)16-14-17-41(5)46-21-22-47-45-20-19-42-38-43(25-30-59(42,8)48(45)27-31-60(46,47)9)72-56(69)64-34-26-44(40(3)4)54(64)49-23-24-52-61(10)32-29-53(65-37-15-18-50(55(67)68)66-57(70)71-13)58(6,7)51(61)28-33-63(52,12)62(49,11)35-36-64/h19,39-41,43-54,65H,14-18,20-38H2,1-13H3,(H,66,70)(H,67,68)/t41-,43+,44?,45+,46-,47+,48+,49-,50?,51?,52-,53?,54?,59+,60-,61+,62-,63-,64+/m1/s1. The number of amides is 1. The monoisotopic (exact) mass is 999 g/mol. The van der Waals surface area contributed by atoms with Crippen molar-refractivity contribution in [3.63, 3.8) is 0 Å². The number of carbonyl (C=O) groups is 3. The van der Waals surface area contributed by atoms with Gasteiger partial charge in [-0.1, -0.05) is 114 Å². The molecule has 8 saturated carbocycles. The molecule has 5 unspecified atom stereocenters. The first-order valence-electron chi connectivity index (χ1n) is 30.6. The van der Waals surface area contributed by atoms with Gasteiger partial charge in [-0.05, 0) is 232 Å². The summed E-state index contributed by atoms with van der Waals surface area (Å²) in [6.45, 7) is 31.5. The van der Waals surface area contributed by atoms with Gasteiger partial charge in [0.2, 0.25) is 0 Å². The minimum atomic E-state index is -1.03. The molecular weight excluding hydrogens is 893 g/mol. The lowest BCUT2D eigenvalue weighted by atomic mass is 9.32. The van der Waals surface area contributed by atoms with Gasteiger partial charge < -0.3 is 25.2 Å². The minimum absolute atomic E-state index is 0.0212. The van der Waals surface area contributed by atoms with Gasteiger partial charge >= 0.3 is 18.0 Å². The number of rotatable bonds is 15. The van der Waals surface area contributed by atoms with Gasteiger partial charge in [-0.3, -0.25) is 4.79 Å². The smallest absolute Gasteiger partial charge is 0.407 e. The van der Waals surface area contributed by atoms with Gasteiger partial charge in [0.25, 0.3) is 0 Å². The number of aliphatic carboxylic acids is 1. The third-order valence-electron chi connectivity index (χ3n) is 26.2. The predicted molar refractivity (Wildman–Crippen MR) is 290 cm³/mol. The molecule has 8 heteroatoms. The van der Waals surface area contributed by atoms with E-state index in [-0.39, 0.29) is 44.6 Å². The summed E-state index contributed by atoms with van der Waals surface area (Å²) in [4.78, 5) is 39.1. The molecule has 1 amide bonds. The largest absolute Gasteiger partial charge is 0.480 e. The maximum atomic E-state index is 15.5. The summed E-state index contributed by atoms with van der Waals surface area (Å²) in [5.41, 5.74) is 2.80. The lowest BCUT2D eigenvalue weighted by Gasteiger charge is -2.73. The lowest BCUT2D eigenvalue weighted by Crippen LogP contribution is -2.68. The number of ether oxygens (including phenoxy) is 2. The summed E-state index contributed by atoms with van der Waals surface area (Å²) in [7, 11) is 1.26. The average Bonchev–Trinajstić information content (AvgIpc) is 3.90. The minimum Gasteiger partial charge on any atom is -0.480 e. The number of carboxylic acid groups (broad SMARTS) is 1. The average molecular weight is 1000 g/mol. The molecular formula is C64H106N2O6. The Bertz CT molecular complexity index is 2030. The Balaban J connectivity index is 0.863. The van der Waals surface area contributed by atoms with Crippen LogP contribution >= 0.6 is 0 Å². The van der Waals surface area contributed by atoms with Crippen molar-refractivity contribution in [2.45, 2.75) is 249 Å². The Morgan fingerprint density at radius 1 is 0.708 bits per heavy atom. The van der Waals surface area contributed by atoms with E-state index in [1.807, 2.05) is 0 Å². The van der Waals surface area contributed by atoms with Crippen LogP contribution in [0, 0.1) is 109 Å². The van der Waals surface area contributed by atoms with Gasteiger partial charge in [-0.2, -0.15) is 0 Å². The van der Waals surface area contributed by atoms with Gasteiger partial charge in [-0.25, -0.2) is 9.59 Å². The molecule has 0 aromatic rings. The fraction of sp³-hybridized carbons (Fsp3) is 0.922. The first kappa shape index (κ1) is 54.7. The molecule has 8 fully saturated rings. The summed E-state index contributed by atoms with van der Waals surface area (Å²) >= 11 is 0. The number of hydrogen-bond donors (Lipinski definition) is 3. The van der Waals surface area contributed by atoms with Gasteiger partial charge in [-0.15, -0.1) is 0 Å². The number of esters is 1. The molecule has 408 valence electrons. The molecule has 0 heterocycles. The van der Waals surface area contributed by atoms with Gasteiger partial charge in [0.05, 0.1) is 12.5 Å². The quantitative estimate of drug-likeness (QED) is 0.0851. The van der Waals surface area contributed by atoms with Crippen molar-refractivity contribution in [3.8, 4) is 0 Å². The van der Waals surface area contributed by atoms with Crippen molar-refractivity contribution in [1.82, 2.24) is 10.6 Å². The number of allylic oxidation sites excluding steroid dienone is 1. The second-order valence-electron chi connectivity index (χ2n) is 29.9. The number of hydrogen-bond acceptors (Lipinski definition) is 6. The topological polar surface area (TPSA) is 114 Å². The lowest BCUT2D eigenvalue weighted by molar-refractivity contribution is -0.243. The normalized spacial score (nSPS) is 45.7. The van der Waals surface area contributed by atoms with Gasteiger partial charge in [0.15, 0.2) is 0 Å². The molecule has 3 N–H and O–H groups in total. The highest BCUT2D eigenvalue weighted by molar-refractivity contribution is 5.80. The summed E-state index contributed by atoms with van der Waals surface area (Å²) < 4.78 is 11.7. The van der Waals surface area contributed by atoms with E-state index in [0.29, 0.717) is 59.8 Å². The third-order valence-corrected chi connectivity index (χ3v) is 26.2. The van der Waals surface area contributed by atoms with Crippen LogP contribution in [0.4, 0.5) is 4.79 Å². The molecule has 0 bridgehead atoms. The molecule has 72 heavy (non-hydrogen) atoms. The Morgan fingerprint density at radius 3 is 2.15 bits per heavy atom. The fourth-order valence-electron chi connectivity index (χ4n) is 22.2. The fourth-order valence-corrected chi connectivity index (χ4v) is 22.2. The van der Waals surface area contributed by atoms with Crippen LogP contribution in [0.25, 0.3) is 0 Å². The maximum absolute atomic E-state index is 15.5. The number of carboxylic acids is 1. The van der Waals surface area contributed by atoms with Crippen molar-refractivity contribution < 1.29 is 29.0 Å². The van der Waals surface area contributed by atoms with E-state index in [1.165, 1.54) is 103 Å². The highest BCUT2D eigenvalue weighted by atomic mass is 16.5. The second-order valence-corrected chi connectivity index (χ2v) is 29.9. The van der Waals surface area contributed by atoms with Crippen molar-refractivity contribution in [2.24, 2.45) is 109 Å². The molecule has 0 aromatic carbocycles. The number of methoxy groups -OCH3 is 1. The Morgan fingerprint density at radius 2 is 1.44 bits per heavy atom. The zero-order chi connectivity index (χ0) is 52.0. The zero-order valence-electron chi connectivity index (χ0n) is 48.2. The summed E-state index contributed by atoms with van der Waals surface area (Å²) in [5, 5.41) is 16.1. The molecule has 9 rings (SSSR count). The molecule has 9 aliphatic carbocycles. The van der Waals surface area contributed by atoms with Crippen LogP contribution in [-0.2, 0) is 19.1 Å². The third kappa shape index (κ3) is 8.80. The predicted octanol–water partition coefficient (Wildman–Crippen LogP) is 15.2. The van der Waals surface area contributed by atoms with Gasteiger partial charge in [0.1, 0.15) is 12.1 Å². The highest BCUT2D eigenvalue weighted by Crippen LogP contribution is 2.78. The molecule has 0 aliphatic heterocycles. The van der Waals surface area contributed by atoms with Gasteiger partial charge in [0, 0.05) is 12.5 Å². The number of alkyl carbamates (subject to hydrolysis) is 1. The summed E-state index contributed by atoms with van der Waals surface area (Å²) in [5.74, 6) is 7.52. The van der Waals surface area contributed by atoms with E-state index >= 15 is 4.79 Å². The first-order valence-corrected chi connectivity index (χ1v) is 30.6. The highest BCUT2D eigenvalue weighted by Gasteiger charge is 2.72. The van der Waals surface area contributed by atoms with E-state index in [2.05, 4.69) is 105 Å². The summed E-state index contributed by atoms with van der Waals surface area (Å²) in [6, 6.07) is -0.588. The van der Waals surface area contributed by atoms with Crippen LogP contribution < -0.4 is 10.6 Å². The molecule has 19 atom stereocenters.